The van der Waals surface area contributed by atoms with Gasteiger partial charge in [-0.2, -0.15) is 0 Å². The van der Waals surface area contributed by atoms with Gasteiger partial charge in [0.25, 0.3) is 5.91 Å². The van der Waals surface area contributed by atoms with Crippen LogP contribution in [-0.4, -0.2) is 44.7 Å². The molecular weight excluding hydrogens is 396 g/mol. The van der Waals surface area contributed by atoms with Gasteiger partial charge in [0.15, 0.2) is 11.5 Å². The van der Waals surface area contributed by atoms with Crippen molar-refractivity contribution < 1.29 is 28.6 Å². The van der Waals surface area contributed by atoms with Crippen LogP contribution in [0.2, 0.25) is 0 Å². The fraction of sp³-hybridized carbons (Fsp3) is 0.350. The van der Waals surface area contributed by atoms with Crippen molar-refractivity contribution in [3.05, 3.63) is 39.8 Å². The summed E-state index contributed by atoms with van der Waals surface area (Å²) in [6, 6.07) is 5.31. The van der Waals surface area contributed by atoms with E-state index in [9.17, 15) is 14.4 Å². The normalized spacial score (nSPS) is 12.2. The maximum absolute atomic E-state index is 12.6. The van der Waals surface area contributed by atoms with Crippen LogP contribution in [0.4, 0.5) is 5.00 Å². The Labute approximate surface area is 172 Å². The molecule has 1 aliphatic heterocycles. The smallest absolute Gasteiger partial charge is 0.341 e. The van der Waals surface area contributed by atoms with Crippen LogP contribution < -0.4 is 20.1 Å². The minimum Gasteiger partial charge on any atom is -0.486 e. The van der Waals surface area contributed by atoms with Crippen molar-refractivity contribution in [1.29, 1.82) is 0 Å². The molecule has 0 aliphatic carbocycles. The first-order valence-corrected chi connectivity index (χ1v) is 9.97. The zero-order valence-corrected chi connectivity index (χ0v) is 17.2. The maximum atomic E-state index is 12.6. The third-order valence-corrected chi connectivity index (χ3v) is 5.49. The second-order valence-corrected chi connectivity index (χ2v) is 7.28. The summed E-state index contributed by atoms with van der Waals surface area (Å²) < 4.78 is 16.1. The number of thiophene rings is 1. The summed E-state index contributed by atoms with van der Waals surface area (Å²) >= 11 is 1.05. The van der Waals surface area contributed by atoms with Crippen molar-refractivity contribution in [1.82, 2.24) is 5.32 Å². The Bertz CT molecular complexity index is 953. The molecule has 0 saturated heterocycles. The molecule has 2 N–H and O–H groups in total. The summed E-state index contributed by atoms with van der Waals surface area (Å²) in [6.07, 6.45) is 0.0746. The molecule has 9 heteroatoms. The fourth-order valence-electron chi connectivity index (χ4n) is 2.93. The summed E-state index contributed by atoms with van der Waals surface area (Å²) in [7, 11) is 1.51. The van der Waals surface area contributed by atoms with Crippen molar-refractivity contribution in [2.45, 2.75) is 20.3 Å². The molecule has 3 rings (SSSR count). The van der Waals surface area contributed by atoms with E-state index in [1.807, 2.05) is 0 Å². The molecule has 0 saturated carbocycles. The third kappa shape index (κ3) is 4.51. The zero-order valence-electron chi connectivity index (χ0n) is 16.4. The number of carbonyl (C=O) groups is 3. The molecule has 2 amide bonds. The highest BCUT2D eigenvalue weighted by Crippen LogP contribution is 2.34. The number of esters is 1. The molecule has 2 aromatic rings. The Kier molecular flexibility index (Phi) is 6.38. The van der Waals surface area contributed by atoms with Gasteiger partial charge in [0, 0.05) is 7.05 Å². The summed E-state index contributed by atoms with van der Waals surface area (Å²) in [5.41, 5.74) is 1.41. The number of hydrogen-bond acceptors (Lipinski definition) is 7. The zero-order chi connectivity index (χ0) is 21.0. The van der Waals surface area contributed by atoms with Crippen LogP contribution in [0.5, 0.6) is 11.5 Å². The molecule has 154 valence electrons. The molecule has 29 heavy (non-hydrogen) atoms. The van der Waals surface area contributed by atoms with Crippen LogP contribution in [0.25, 0.3) is 0 Å². The number of rotatable bonds is 6. The van der Waals surface area contributed by atoms with Gasteiger partial charge in [-0.25, -0.2) is 4.79 Å². The Morgan fingerprint density at radius 1 is 1.17 bits per heavy atom. The molecule has 0 unspecified atom stereocenters. The highest BCUT2D eigenvalue weighted by atomic mass is 32.1. The van der Waals surface area contributed by atoms with Gasteiger partial charge in [0.1, 0.15) is 18.2 Å². The van der Waals surface area contributed by atoms with Crippen molar-refractivity contribution in [2.75, 3.05) is 32.2 Å². The lowest BCUT2D eigenvalue weighted by Crippen LogP contribution is -2.18. The summed E-state index contributed by atoms with van der Waals surface area (Å²) in [5, 5.41) is 5.58. The average Bonchev–Trinajstić information content (AvgIpc) is 3.03. The van der Waals surface area contributed by atoms with E-state index in [1.165, 1.54) is 7.05 Å². The van der Waals surface area contributed by atoms with Crippen LogP contribution in [0, 0.1) is 6.92 Å². The van der Waals surface area contributed by atoms with E-state index in [2.05, 4.69) is 10.6 Å². The van der Waals surface area contributed by atoms with Gasteiger partial charge in [-0.15, -0.1) is 11.3 Å². The number of amides is 2. The van der Waals surface area contributed by atoms with Crippen LogP contribution in [0.15, 0.2) is 18.2 Å². The minimum absolute atomic E-state index is 0.0746. The highest BCUT2D eigenvalue weighted by Gasteiger charge is 2.26. The second kappa shape index (κ2) is 8.95. The first-order chi connectivity index (χ1) is 13.9. The molecule has 0 radical (unpaired) electrons. The van der Waals surface area contributed by atoms with Gasteiger partial charge in [-0.1, -0.05) is 6.07 Å². The molecule has 0 atom stereocenters. The van der Waals surface area contributed by atoms with Crippen molar-refractivity contribution in [2.24, 2.45) is 0 Å². The minimum atomic E-state index is -0.578. The number of anilines is 1. The molecule has 0 bridgehead atoms. The first-order valence-electron chi connectivity index (χ1n) is 9.15. The van der Waals surface area contributed by atoms with Crippen LogP contribution in [0.3, 0.4) is 0 Å². The van der Waals surface area contributed by atoms with Gasteiger partial charge >= 0.3 is 5.97 Å². The predicted molar refractivity (Wildman–Crippen MR) is 108 cm³/mol. The SMILES string of the molecule is CCOC(=O)c1c(NC(=O)Cc2ccc3c(c2)OCCO3)sc(C(=O)NC)c1C. The Morgan fingerprint density at radius 2 is 1.90 bits per heavy atom. The van der Waals surface area contributed by atoms with Gasteiger partial charge in [-0.05, 0) is 37.1 Å². The van der Waals surface area contributed by atoms with Gasteiger partial charge in [-0.3, -0.25) is 9.59 Å². The quantitative estimate of drug-likeness (QED) is 0.699. The third-order valence-electron chi connectivity index (χ3n) is 4.28. The molecule has 1 aromatic carbocycles. The molecule has 2 heterocycles. The molecule has 1 aromatic heterocycles. The lowest BCUT2D eigenvalue weighted by atomic mass is 10.1. The number of hydrogen-bond donors (Lipinski definition) is 2. The number of carbonyl (C=O) groups excluding carboxylic acids is 3. The molecular formula is C20H22N2O6S. The topological polar surface area (TPSA) is 103 Å². The van der Waals surface area contributed by atoms with E-state index < -0.39 is 5.97 Å². The van der Waals surface area contributed by atoms with E-state index >= 15 is 0 Å². The van der Waals surface area contributed by atoms with E-state index in [4.69, 9.17) is 14.2 Å². The largest absolute Gasteiger partial charge is 0.486 e. The predicted octanol–water partition coefficient (Wildman–Crippen LogP) is 2.55. The van der Waals surface area contributed by atoms with E-state index in [0.29, 0.717) is 40.2 Å². The lowest BCUT2D eigenvalue weighted by molar-refractivity contribution is -0.115. The summed E-state index contributed by atoms with van der Waals surface area (Å²) in [6.45, 7) is 4.49. The standard InChI is InChI=1S/C20H22N2O6S/c1-4-26-20(25)16-11(2)17(18(24)21-3)29-19(16)22-15(23)10-12-5-6-13-14(9-12)28-8-7-27-13/h5-6,9H,4,7-8,10H2,1-3H3,(H,21,24)(H,22,23). The van der Waals surface area contributed by atoms with E-state index in [-0.39, 0.29) is 30.4 Å². The number of nitrogens with one attached hydrogen (secondary N) is 2. The first kappa shape index (κ1) is 20.7. The number of benzene rings is 1. The average molecular weight is 418 g/mol. The van der Waals surface area contributed by atoms with Gasteiger partial charge in [0.05, 0.1) is 23.5 Å². The second-order valence-electron chi connectivity index (χ2n) is 6.26. The van der Waals surface area contributed by atoms with Crippen molar-refractivity contribution in [3.8, 4) is 11.5 Å². The van der Waals surface area contributed by atoms with Crippen molar-refractivity contribution >= 4 is 34.1 Å². The van der Waals surface area contributed by atoms with Crippen LogP contribution in [-0.2, 0) is 16.0 Å². The molecule has 0 spiro atoms. The maximum Gasteiger partial charge on any atom is 0.341 e. The Hall–Kier alpha value is -3.07. The summed E-state index contributed by atoms with van der Waals surface area (Å²) in [4.78, 5) is 37.4. The van der Waals surface area contributed by atoms with Crippen LogP contribution >= 0.6 is 11.3 Å². The monoisotopic (exact) mass is 418 g/mol. The van der Waals surface area contributed by atoms with Crippen LogP contribution in [0.1, 0.15) is 38.1 Å². The lowest BCUT2D eigenvalue weighted by Gasteiger charge is -2.18. The molecule has 8 nitrogen and oxygen atoms in total. The Balaban J connectivity index is 1.82. The molecule has 0 fully saturated rings. The molecule has 1 aliphatic rings. The number of ether oxygens (including phenoxy) is 3. The van der Waals surface area contributed by atoms with E-state index in [1.54, 1.807) is 32.0 Å². The van der Waals surface area contributed by atoms with Crippen molar-refractivity contribution in [3.63, 3.8) is 0 Å². The number of fused-ring (bicyclic) bond motifs is 1. The fourth-order valence-corrected chi connectivity index (χ4v) is 4.09. The van der Waals surface area contributed by atoms with E-state index in [0.717, 1.165) is 16.9 Å². The summed E-state index contributed by atoms with van der Waals surface area (Å²) in [5.74, 6) is 0.0186. The van der Waals surface area contributed by atoms with Gasteiger partial charge < -0.3 is 24.8 Å². The van der Waals surface area contributed by atoms with Gasteiger partial charge in [0.2, 0.25) is 5.91 Å². The Morgan fingerprint density at radius 3 is 2.59 bits per heavy atom. The highest BCUT2D eigenvalue weighted by molar-refractivity contribution is 7.18.